The molecule has 0 radical (unpaired) electrons. The van der Waals surface area contributed by atoms with Crippen LogP contribution in [0.4, 0.5) is 5.82 Å². The monoisotopic (exact) mass is 238 g/mol. The highest BCUT2D eigenvalue weighted by molar-refractivity contribution is 7.99. The van der Waals surface area contributed by atoms with Crippen molar-refractivity contribution in [3.8, 4) is 0 Å². The smallest absolute Gasteiger partial charge is 0.257 e. The summed E-state index contributed by atoms with van der Waals surface area (Å²) in [6.45, 7) is 1.59. The molecule has 16 heavy (non-hydrogen) atoms. The molecule has 3 N–H and O–H groups in total. The first kappa shape index (κ1) is 11.2. The summed E-state index contributed by atoms with van der Waals surface area (Å²) in [6.07, 6.45) is 1.61. The Morgan fingerprint density at radius 3 is 2.94 bits per heavy atom. The number of pyridine rings is 1. The van der Waals surface area contributed by atoms with E-state index in [1.54, 1.807) is 18.3 Å². The van der Waals surface area contributed by atoms with Crippen molar-refractivity contribution in [2.24, 2.45) is 5.84 Å². The summed E-state index contributed by atoms with van der Waals surface area (Å²) in [5.41, 5.74) is 2.99. The number of hydrogen-bond donors (Lipinski definition) is 2. The van der Waals surface area contributed by atoms with E-state index in [1.165, 1.54) is 0 Å². The Hall–Kier alpha value is -1.27. The Bertz CT molecular complexity index is 379. The maximum Gasteiger partial charge on any atom is 0.257 e. The fourth-order valence-electron chi connectivity index (χ4n) is 1.63. The first-order valence-electron chi connectivity index (χ1n) is 5.11. The molecule has 1 aromatic rings. The van der Waals surface area contributed by atoms with Gasteiger partial charge in [0.25, 0.3) is 5.91 Å². The molecule has 2 heterocycles. The van der Waals surface area contributed by atoms with Gasteiger partial charge >= 0.3 is 0 Å². The Kier molecular flexibility index (Phi) is 3.63. The van der Waals surface area contributed by atoms with Crippen LogP contribution in [0.3, 0.4) is 0 Å². The Morgan fingerprint density at radius 1 is 1.50 bits per heavy atom. The second kappa shape index (κ2) is 5.18. The predicted molar refractivity (Wildman–Crippen MR) is 65.3 cm³/mol. The summed E-state index contributed by atoms with van der Waals surface area (Å²) in [4.78, 5) is 18.0. The lowest BCUT2D eigenvalue weighted by Crippen LogP contribution is -2.38. The molecule has 0 atom stereocenters. The topological polar surface area (TPSA) is 71.2 Å². The minimum absolute atomic E-state index is 0.00125. The average molecular weight is 238 g/mol. The lowest BCUT2D eigenvalue weighted by Gasteiger charge is -2.26. The molecular formula is C10H14N4OS. The van der Waals surface area contributed by atoms with Crippen LogP contribution in [0.25, 0.3) is 0 Å². The molecule has 1 aliphatic rings. The second-order valence-corrected chi connectivity index (χ2v) is 4.67. The van der Waals surface area contributed by atoms with Crippen LogP contribution in [0.2, 0.25) is 0 Å². The number of carbonyl (C=O) groups excluding carboxylic acids is 1. The molecule has 0 aliphatic carbocycles. The molecule has 6 heteroatoms. The van der Waals surface area contributed by atoms with Gasteiger partial charge in [-0.2, -0.15) is 11.8 Å². The number of nitrogen functional groups attached to an aromatic ring is 1. The van der Waals surface area contributed by atoms with Gasteiger partial charge in [0.1, 0.15) is 0 Å². The summed E-state index contributed by atoms with van der Waals surface area (Å²) in [5, 5.41) is 0. The zero-order chi connectivity index (χ0) is 11.4. The van der Waals surface area contributed by atoms with E-state index < -0.39 is 0 Å². The number of nitrogens with one attached hydrogen (secondary N) is 1. The minimum atomic E-state index is 0.00125. The van der Waals surface area contributed by atoms with Gasteiger partial charge in [0.05, 0.1) is 5.56 Å². The molecule has 0 unspecified atom stereocenters. The van der Waals surface area contributed by atoms with Crippen LogP contribution in [-0.4, -0.2) is 40.4 Å². The van der Waals surface area contributed by atoms with Gasteiger partial charge in [-0.25, -0.2) is 10.8 Å². The van der Waals surface area contributed by atoms with Crippen molar-refractivity contribution >= 4 is 23.5 Å². The van der Waals surface area contributed by atoms with Crippen molar-refractivity contribution in [1.82, 2.24) is 9.88 Å². The molecule has 2 rings (SSSR count). The van der Waals surface area contributed by atoms with Crippen molar-refractivity contribution < 1.29 is 4.79 Å². The molecule has 1 amide bonds. The number of carbonyl (C=O) groups is 1. The number of anilines is 1. The SMILES string of the molecule is NNc1ncccc1C(=O)N1CCSCC1. The minimum Gasteiger partial charge on any atom is -0.337 e. The molecule has 0 bridgehead atoms. The zero-order valence-electron chi connectivity index (χ0n) is 8.85. The number of aromatic nitrogens is 1. The van der Waals surface area contributed by atoms with Crippen LogP contribution in [0, 0.1) is 0 Å². The van der Waals surface area contributed by atoms with E-state index in [-0.39, 0.29) is 5.91 Å². The molecule has 5 nitrogen and oxygen atoms in total. The van der Waals surface area contributed by atoms with Crippen molar-refractivity contribution in [2.45, 2.75) is 0 Å². The molecule has 1 saturated heterocycles. The summed E-state index contributed by atoms with van der Waals surface area (Å²) < 4.78 is 0. The van der Waals surface area contributed by atoms with Gasteiger partial charge < -0.3 is 10.3 Å². The van der Waals surface area contributed by atoms with Crippen LogP contribution in [0.15, 0.2) is 18.3 Å². The van der Waals surface area contributed by atoms with Gasteiger partial charge in [-0.3, -0.25) is 4.79 Å². The van der Waals surface area contributed by atoms with Crippen molar-refractivity contribution in [3.05, 3.63) is 23.9 Å². The number of nitrogens with zero attached hydrogens (tertiary/aromatic N) is 2. The number of nitrogens with two attached hydrogens (primary N) is 1. The third-order valence-electron chi connectivity index (χ3n) is 2.47. The molecule has 1 fully saturated rings. The van der Waals surface area contributed by atoms with Gasteiger partial charge in [0, 0.05) is 30.8 Å². The maximum absolute atomic E-state index is 12.2. The quantitative estimate of drug-likeness (QED) is 0.582. The largest absolute Gasteiger partial charge is 0.337 e. The van der Waals surface area contributed by atoms with Crippen molar-refractivity contribution in [2.75, 3.05) is 30.0 Å². The number of rotatable bonds is 2. The van der Waals surface area contributed by atoms with Gasteiger partial charge in [0.2, 0.25) is 0 Å². The van der Waals surface area contributed by atoms with Gasteiger partial charge in [-0.05, 0) is 12.1 Å². The van der Waals surface area contributed by atoms with E-state index in [0.29, 0.717) is 11.4 Å². The van der Waals surface area contributed by atoms with Gasteiger partial charge in [-0.1, -0.05) is 0 Å². The van der Waals surface area contributed by atoms with E-state index in [2.05, 4.69) is 10.4 Å². The van der Waals surface area contributed by atoms with Crippen molar-refractivity contribution in [1.29, 1.82) is 0 Å². The molecule has 1 aliphatic heterocycles. The number of hydrazine groups is 1. The summed E-state index contributed by atoms with van der Waals surface area (Å²) >= 11 is 1.87. The third-order valence-corrected chi connectivity index (χ3v) is 3.42. The molecular weight excluding hydrogens is 224 g/mol. The Balaban J connectivity index is 2.19. The Labute approximate surface area is 98.4 Å². The standard InChI is InChI=1S/C10H14N4OS/c11-13-9-8(2-1-3-12-9)10(15)14-4-6-16-7-5-14/h1-3H,4-7,11H2,(H,12,13). The summed E-state index contributed by atoms with van der Waals surface area (Å²) in [7, 11) is 0. The number of thioether (sulfide) groups is 1. The lowest BCUT2D eigenvalue weighted by atomic mass is 10.2. The average Bonchev–Trinajstić information content (AvgIpc) is 2.39. The molecule has 0 saturated carbocycles. The van der Waals surface area contributed by atoms with E-state index in [4.69, 9.17) is 5.84 Å². The summed E-state index contributed by atoms with van der Waals surface area (Å²) in [5.74, 6) is 7.76. The summed E-state index contributed by atoms with van der Waals surface area (Å²) in [6, 6.07) is 3.49. The molecule has 86 valence electrons. The van der Waals surface area contributed by atoms with Crippen LogP contribution in [0.1, 0.15) is 10.4 Å². The van der Waals surface area contributed by atoms with Crippen molar-refractivity contribution in [3.63, 3.8) is 0 Å². The van der Waals surface area contributed by atoms with Gasteiger partial charge in [0.15, 0.2) is 5.82 Å². The van der Waals surface area contributed by atoms with Crippen LogP contribution >= 0.6 is 11.8 Å². The van der Waals surface area contributed by atoms with Crippen LogP contribution in [-0.2, 0) is 0 Å². The van der Waals surface area contributed by atoms with E-state index >= 15 is 0 Å². The maximum atomic E-state index is 12.2. The highest BCUT2D eigenvalue weighted by Gasteiger charge is 2.20. The predicted octanol–water partition coefficient (Wildman–Crippen LogP) is 0.556. The lowest BCUT2D eigenvalue weighted by molar-refractivity contribution is 0.0773. The fraction of sp³-hybridized carbons (Fsp3) is 0.400. The normalized spacial score (nSPS) is 15.9. The highest BCUT2D eigenvalue weighted by atomic mass is 32.2. The van der Waals surface area contributed by atoms with Crippen LogP contribution < -0.4 is 11.3 Å². The van der Waals surface area contributed by atoms with Crippen LogP contribution in [0.5, 0.6) is 0 Å². The van der Waals surface area contributed by atoms with E-state index in [1.807, 2.05) is 16.7 Å². The molecule has 0 spiro atoms. The first-order chi connectivity index (χ1) is 7.83. The van der Waals surface area contributed by atoms with E-state index in [0.717, 1.165) is 24.6 Å². The fourth-order valence-corrected chi connectivity index (χ4v) is 2.53. The zero-order valence-corrected chi connectivity index (χ0v) is 9.67. The first-order valence-corrected chi connectivity index (χ1v) is 6.27. The Morgan fingerprint density at radius 2 is 2.25 bits per heavy atom. The number of amides is 1. The highest BCUT2D eigenvalue weighted by Crippen LogP contribution is 2.16. The molecule has 0 aromatic carbocycles. The molecule has 1 aromatic heterocycles. The van der Waals surface area contributed by atoms with E-state index in [9.17, 15) is 4.79 Å². The number of hydrogen-bond acceptors (Lipinski definition) is 5. The second-order valence-electron chi connectivity index (χ2n) is 3.45. The third kappa shape index (κ3) is 2.28. The van der Waals surface area contributed by atoms with Gasteiger partial charge in [-0.15, -0.1) is 0 Å².